The van der Waals surface area contributed by atoms with Gasteiger partial charge in [0.05, 0.1) is 11.0 Å². The van der Waals surface area contributed by atoms with Gasteiger partial charge >= 0.3 is 0 Å². The lowest BCUT2D eigenvalue weighted by molar-refractivity contribution is 0.195. The molecule has 2 nitrogen and oxygen atoms in total. The van der Waals surface area contributed by atoms with Gasteiger partial charge in [0.1, 0.15) is 5.82 Å². The molecule has 2 rings (SSSR count). The molecule has 0 unspecified atom stereocenters. The van der Waals surface area contributed by atoms with Gasteiger partial charge in [-0.25, -0.2) is 9.37 Å². The van der Waals surface area contributed by atoms with Crippen molar-refractivity contribution in [3.05, 3.63) is 41.2 Å². The molecule has 16 heavy (non-hydrogen) atoms. The van der Waals surface area contributed by atoms with Gasteiger partial charge in [0.15, 0.2) is 4.34 Å². The van der Waals surface area contributed by atoms with Gasteiger partial charge in [-0.05, 0) is 18.6 Å². The molecular weight excluding hydrogens is 245 g/mol. The first kappa shape index (κ1) is 11.6. The highest BCUT2D eigenvalue weighted by Gasteiger charge is 2.14. The summed E-state index contributed by atoms with van der Waals surface area (Å²) in [6, 6.07) is 4.72. The van der Waals surface area contributed by atoms with E-state index in [0.29, 0.717) is 10.5 Å². The lowest BCUT2D eigenvalue weighted by atomic mass is 10.1. The van der Waals surface area contributed by atoms with Gasteiger partial charge in [-0.2, -0.15) is 0 Å². The highest BCUT2D eigenvalue weighted by Crippen LogP contribution is 2.36. The fourth-order valence-electron chi connectivity index (χ4n) is 1.31. The number of nitrogens with zero attached hydrogens (tertiary/aromatic N) is 1. The maximum Gasteiger partial charge on any atom is 0.154 e. The predicted octanol–water partition coefficient (Wildman–Crippen LogP) is 3.49. The summed E-state index contributed by atoms with van der Waals surface area (Å²) in [6.45, 7) is 1.63. The van der Waals surface area contributed by atoms with Crippen LogP contribution in [0.3, 0.4) is 0 Å². The third-order valence-electron chi connectivity index (χ3n) is 2.05. The van der Waals surface area contributed by atoms with Crippen LogP contribution in [0.15, 0.2) is 39.0 Å². The van der Waals surface area contributed by atoms with E-state index in [-0.39, 0.29) is 5.82 Å². The van der Waals surface area contributed by atoms with Crippen molar-refractivity contribution in [3.8, 4) is 0 Å². The van der Waals surface area contributed by atoms with E-state index in [9.17, 15) is 9.50 Å². The standard InChI is InChI=1S/C11H10FNOS2/c1-7(14)8-3-2-4-9(12)10(8)16-11-13-5-6-15-11/h2-7,14H,1H3/t7-/m0/s1. The molecule has 1 aromatic heterocycles. The Balaban J connectivity index is 2.38. The second kappa shape index (κ2) is 4.95. The van der Waals surface area contributed by atoms with Crippen molar-refractivity contribution in [2.24, 2.45) is 0 Å². The molecule has 0 spiro atoms. The molecule has 1 N–H and O–H groups in total. The molecule has 0 radical (unpaired) electrons. The van der Waals surface area contributed by atoms with Gasteiger partial charge in [0.25, 0.3) is 0 Å². The smallest absolute Gasteiger partial charge is 0.154 e. The molecule has 5 heteroatoms. The van der Waals surface area contributed by atoms with E-state index >= 15 is 0 Å². The van der Waals surface area contributed by atoms with Crippen molar-refractivity contribution in [1.29, 1.82) is 0 Å². The second-order valence-corrected chi connectivity index (χ2v) is 5.39. The van der Waals surface area contributed by atoms with Crippen molar-refractivity contribution in [2.75, 3.05) is 0 Å². The molecule has 0 amide bonds. The number of thiazole rings is 1. The number of hydrogen-bond acceptors (Lipinski definition) is 4. The summed E-state index contributed by atoms with van der Waals surface area (Å²) in [5.41, 5.74) is 0.597. The van der Waals surface area contributed by atoms with Gasteiger partial charge < -0.3 is 5.11 Å². The zero-order valence-corrected chi connectivity index (χ0v) is 10.2. The summed E-state index contributed by atoms with van der Waals surface area (Å²) >= 11 is 2.70. The van der Waals surface area contributed by atoms with Crippen LogP contribution in [0.4, 0.5) is 4.39 Å². The number of aliphatic hydroxyl groups is 1. The summed E-state index contributed by atoms with van der Waals surface area (Å²) in [7, 11) is 0. The number of hydrogen-bond donors (Lipinski definition) is 1. The second-order valence-electron chi connectivity index (χ2n) is 3.23. The van der Waals surface area contributed by atoms with Crippen LogP contribution in [0, 0.1) is 5.82 Å². The molecule has 0 bridgehead atoms. The molecule has 0 aliphatic carbocycles. The monoisotopic (exact) mass is 255 g/mol. The summed E-state index contributed by atoms with van der Waals surface area (Å²) in [6.07, 6.45) is 0.994. The van der Waals surface area contributed by atoms with Crippen molar-refractivity contribution in [1.82, 2.24) is 4.98 Å². The Hall–Kier alpha value is -0.910. The Morgan fingerprint density at radius 3 is 2.94 bits per heavy atom. The third kappa shape index (κ3) is 2.42. The number of aromatic nitrogens is 1. The number of aliphatic hydroxyl groups excluding tert-OH is 1. The average molecular weight is 255 g/mol. The van der Waals surface area contributed by atoms with Gasteiger partial charge in [-0.1, -0.05) is 23.9 Å². The van der Waals surface area contributed by atoms with Crippen molar-refractivity contribution < 1.29 is 9.50 Å². The quantitative estimate of drug-likeness (QED) is 0.911. The molecule has 0 saturated heterocycles. The van der Waals surface area contributed by atoms with Crippen LogP contribution in [-0.4, -0.2) is 10.1 Å². The zero-order valence-electron chi connectivity index (χ0n) is 8.55. The van der Waals surface area contributed by atoms with Crippen molar-refractivity contribution in [2.45, 2.75) is 22.3 Å². The highest BCUT2D eigenvalue weighted by molar-refractivity contribution is 8.01. The maximum atomic E-state index is 13.6. The fourth-order valence-corrected chi connectivity index (χ4v) is 3.09. The Labute approximate surface area is 101 Å². The first-order chi connectivity index (χ1) is 7.68. The van der Waals surface area contributed by atoms with E-state index < -0.39 is 6.10 Å². The first-order valence-corrected chi connectivity index (χ1v) is 6.42. The molecule has 84 valence electrons. The van der Waals surface area contributed by atoms with Crippen LogP contribution in [0.2, 0.25) is 0 Å². The van der Waals surface area contributed by atoms with E-state index in [1.165, 1.54) is 29.2 Å². The number of benzene rings is 1. The van der Waals surface area contributed by atoms with E-state index in [0.717, 1.165) is 4.34 Å². The normalized spacial score (nSPS) is 12.7. The number of halogens is 1. The van der Waals surface area contributed by atoms with Crippen LogP contribution < -0.4 is 0 Å². The molecule has 1 heterocycles. The van der Waals surface area contributed by atoms with Gasteiger partial charge in [0.2, 0.25) is 0 Å². The zero-order chi connectivity index (χ0) is 11.5. The minimum atomic E-state index is -0.682. The molecule has 1 atom stereocenters. The Bertz CT molecular complexity index is 471. The predicted molar refractivity (Wildman–Crippen MR) is 63.3 cm³/mol. The summed E-state index contributed by atoms with van der Waals surface area (Å²) in [5, 5.41) is 11.4. The van der Waals surface area contributed by atoms with Gasteiger partial charge in [-0.15, -0.1) is 11.3 Å². The molecular formula is C11H10FNOS2. The lowest BCUT2D eigenvalue weighted by Gasteiger charge is -2.10. The Kier molecular flexibility index (Phi) is 3.58. The minimum Gasteiger partial charge on any atom is -0.389 e. The molecule has 0 aliphatic rings. The van der Waals surface area contributed by atoms with E-state index in [1.807, 2.05) is 5.38 Å². The summed E-state index contributed by atoms with van der Waals surface area (Å²) in [4.78, 5) is 4.54. The molecule has 0 saturated carbocycles. The van der Waals surface area contributed by atoms with Crippen molar-refractivity contribution >= 4 is 23.1 Å². The topological polar surface area (TPSA) is 33.1 Å². The number of rotatable bonds is 3. The van der Waals surface area contributed by atoms with E-state index in [1.54, 1.807) is 25.3 Å². The molecule has 0 aliphatic heterocycles. The maximum absolute atomic E-state index is 13.6. The minimum absolute atomic E-state index is 0.321. The van der Waals surface area contributed by atoms with Crippen LogP contribution in [-0.2, 0) is 0 Å². The molecule has 0 fully saturated rings. The van der Waals surface area contributed by atoms with Gasteiger partial charge in [-0.3, -0.25) is 0 Å². The lowest BCUT2D eigenvalue weighted by Crippen LogP contribution is -1.96. The van der Waals surface area contributed by atoms with Crippen LogP contribution in [0.25, 0.3) is 0 Å². The van der Waals surface area contributed by atoms with Crippen LogP contribution in [0.5, 0.6) is 0 Å². The average Bonchev–Trinajstić information content (AvgIpc) is 2.73. The fraction of sp³-hybridized carbons (Fsp3) is 0.182. The Morgan fingerprint density at radius 2 is 2.31 bits per heavy atom. The van der Waals surface area contributed by atoms with Gasteiger partial charge in [0, 0.05) is 11.6 Å². The van der Waals surface area contributed by atoms with Crippen molar-refractivity contribution in [3.63, 3.8) is 0 Å². The highest BCUT2D eigenvalue weighted by atomic mass is 32.2. The largest absolute Gasteiger partial charge is 0.389 e. The Morgan fingerprint density at radius 1 is 1.50 bits per heavy atom. The van der Waals surface area contributed by atoms with E-state index in [2.05, 4.69) is 4.98 Å². The van der Waals surface area contributed by atoms with E-state index in [4.69, 9.17) is 0 Å². The SMILES string of the molecule is C[C@H](O)c1cccc(F)c1Sc1nccs1. The summed E-state index contributed by atoms with van der Waals surface area (Å²) < 4.78 is 14.4. The first-order valence-electron chi connectivity index (χ1n) is 4.72. The third-order valence-corrected chi connectivity index (χ3v) is 4.06. The molecule has 1 aromatic carbocycles. The summed E-state index contributed by atoms with van der Waals surface area (Å²) in [5.74, 6) is -0.321. The van der Waals surface area contributed by atoms with Crippen LogP contribution in [0.1, 0.15) is 18.6 Å². The molecule has 2 aromatic rings. The van der Waals surface area contributed by atoms with Crippen LogP contribution >= 0.6 is 23.1 Å².